The molecule has 3 rings (SSSR count). The van der Waals surface area contributed by atoms with Gasteiger partial charge in [0, 0.05) is 25.4 Å². The Morgan fingerprint density at radius 3 is 1.90 bits per heavy atom. The van der Waals surface area contributed by atoms with Crippen molar-refractivity contribution in [1.29, 1.82) is 0 Å². The lowest BCUT2D eigenvalue weighted by Crippen LogP contribution is -2.57. The van der Waals surface area contributed by atoms with E-state index in [0.29, 0.717) is 19.3 Å². The van der Waals surface area contributed by atoms with Gasteiger partial charge in [0.05, 0.1) is 12.0 Å². The number of primary amides is 1. The summed E-state index contributed by atoms with van der Waals surface area (Å²) in [4.78, 5) is 146. The highest BCUT2D eigenvalue weighted by molar-refractivity contribution is 6.38. The number of rotatable bonds is 6. The van der Waals surface area contributed by atoms with E-state index in [9.17, 15) is 52.7 Å². The highest BCUT2D eigenvalue weighted by atomic mass is 16.5. The zero-order chi connectivity index (χ0) is 47.0. The molecule has 2 aliphatic rings. The summed E-state index contributed by atoms with van der Waals surface area (Å²) in [5.74, 6) is -8.94. The Bertz CT molecular complexity index is 1890. The molecule has 63 heavy (non-hydrogen) atoms. The van der Waals surface area contributed by atoms with Crippen LogP contribution in [0.4, 0.5) is 0 Å². The van der Waals surface area contributed by atoms with E-state index < -0.39 is 126 Å². The number of ketones is 1. The lowest BCUT2D eigenvalue weighted by atomic mass is 9.87. The molecule has 7 atom stereocenters. The molecule has 2 unspecified atom stereocenters. The number of Topliss-reactive ketones (excluding diaryl/α,β-unsaturated/α-hetero) is 1. The second-order valence-electron chi connectivity index (χ2n) is 16.6. The Labute approximate surface area is 365 Å². The van der Waals surface area contributed by atoms with E-state index in [1.807, 2.05) is 30.3 Å². The summed E-state index contributed by atoms with van der Waals surface area (Å²) in [6, 6.07) is 1.09. The van der Waals surface area contributed by atoms with Crippen molar-refractivity contribution in [2.75, 3.05) is 19.7 Å². The Hall–Kier alpha value is -6.41. The normalized spacial score (nSPS) is 27.1. The molecule has 0 radical (unpaired) electrons. The molecule has 2 aliphatic heterocycles. The fraction of sp³-hybridized carbons (Fsp3) is 0.595. The van der Waals surface area contributed by atoms with E-state index in [1.54, 1.807) is 0 Å². The molecule has 1 aromatic rings. The van der Waals surface area contributed by atoms with Gasteiger partial charge < -0.3 is 52.6 Å². The quantitative estimate of drug-likeness (QED) is 0.113. The number of aryl methyl sites for hydroxylation is 1. The summed E-state index contributed by atoms with van der Waals surface area (Å²) in [5.41, 5.74) is 4.67. The van der Waals surface area contributed by atoms with Crippen LogP contribution in [0.1, 0.15) is 92.1 Å². The number of carbonyl (C=O) groups is 11. The van der Waals surface area contributed by atoms with E-state index >= 15 is 0 Å². The van der Waals surface area contributed by atoms with Gasteiger partial charge in [0.2, 0.25) is 53.0 Å². The first-order valence-electron chi connectivity index (χ1n) is 21.0. The van der Waals surface area contributed by atoms with Gasteiger partial charge in [0.15, 0.2) is 0 Å². The number of nitrogens with two attached hydrogens (primary N) is 1. The summed E-state index contributed by atoms with van der Waals surface area (Å²) in [5, 5.41) is 17.4. The number of amides is 9. The number of ether oxygens (including phenoxy) is 1. The van der Waals surface area contributed by atoms with Gasteiger partial charge in [-0.3, -0.25) is 47.9 Å². The van der Waals surface area contributed by atoms with Crippen molar-refractivity contribution in [3.8, 4) is 0 Å². The molecule has 0 aromatic heterocycles. The molecule has 0 spiro atoms. The molecular formula is C42H61N9O12. The van der Waals surface area contributed by atoms with E-state index in [-0.39, 0.29) is 38.6 Å². The topological polar surface area (TPSA) is 310 Å². The van der Waals surface area contributed by atoms with Gasteiger partial charge in [-0.2, -0.15) is 0 Å². The number of esters is 1. The molecule has 9 N–H and O–H groups in total. The van der Waals surface area contributed by atoms with Crippen LogP contribution in [0.3, 0.4) is 0 Å². The molecule has 2 heterocycles. The molecule has 0 bridgehead atoms. The Kier molecular flexibility index (Phi) is 19.2. The van der Waals surface area contributed by atoms with Crippen LogP contribution in [0.25, 0.3) is 0 Å². The monoisotopic (exact) mass is 883 g/mol. The predicted octanol–water partition coefficient (Wildman–Crippen LogP) is -2.09. The van der Waals surface area contributed by atoms with Crippen molar-refractivity contribution in [1.82, 2.24) is 42.1 Å². The number of hydrogen-bond donors (Lipinski definition) is 8. The zero-order valence-corrected chi connectivity index (χ0v) is 36.6. The Balaban J connectivity index is 1.92. The van der Waals surface area contributed by atoms with E-state index in [1.165, 1.54) is 46.4 Å². The first kappa shape index (κ1) is 50.9. The SMILES string of the molecule is C[C@@H]1NC(=O)CNC(=O)C(CCC(N)=O)NC(=O)CC(CCc2ccccc2)NC(=O)[C@@H]2CCCCN2C(=O)C(=O)C(C)(C)COC(=O)[C@@H](C)NC(=O)[C@H](C)NC(=O)[C@H](C)NC1=O. The van der Waals surface area contributed by atoms with Crippen molar-refractivity contribution in [3.05, 3.63) is 35.9 Å². The number of fused-ring (bicyclic) bond motifs is 1. The molecule has 21 heteroatoms. The minimum atomic E-state index is -1.56. The molecular weight excluding hydrogens is 823 g/mol. The van der Waals surface area contributed by atoms with Crippen LogP contribution in [-0.2, 0) is 63.9 Å². The maximum Gasteiger partial charge on any atom is 0.328 e. The zero-order valence-electron chi connectivity index (χ0n) is 36.6. The first-order valence-corrected chi connectivity index (χ1v) is 21.0. The van der Waals surface area contributed by atoms with E-state index in [0.717, 1.165) is 5.56 Å². The molecule has 2 saturated heterocycles. The van der Waals surface area contributed by atoms with Crippen LogP contribution >= 0.6 is 0 Å². The van der Waals surface area contributed by atoms with Gasteiger partial charge in [-0.05, 0) is 85.6 Å². The highest BCUT2D eigenvalue weighted by Gasteiger charge is 2.42. The number of nitrogens with one attached hydrogen (secondary N) is 7. The molecule has 21 nitrogen and oxygen atoms in total. The maximum absolute atomic E-state index is 14.0. The number of nitrogens with zero attached hydrogens (tertiary/aromatic N) is 1. The largest absolute Gasteiger partial charge is 0.463 e. The van der Waals surface area contributed by atoms with Crippen LogP contribution < -0.4 is 43.0 Å². The molecule has 346 valence electrons. The van der Waals surface area contributed by atoms with Crippen molar-refractivity contribution in [2.24, 2.45) is 11.1 Å². The fourth-order valence-corrected chi connectivity index (χ4v) is 6.70. The minimum Gasteiger partial charge on any atom is -0.463 e. The number of carbonyl (C=O) groups excluding carboxylic acids is 11. The molecule has 0 saturated carbocycles. The third kappa shape index (κ3) is 16.1. The second kappa shape index (κ2) is 23.7. The predicted molar refractivity (Wildman–Crippen MR) is 224 cm³/mol. The van der Waals surface area contributed by atoms with E-state index in [2.05, 4.69) is 37.2 Å². The number of piperidine rings is 1. The van der Waals surface area contributed by atoms with Gasteiger partial charge >= 0.3 is 5.97 Å². The van der Waals surface area contributed by atoms with Crippen LogP contribution in [0.15, 0.2) is 30.3 Å². The van der Waals surface area contributed by atoms with Crippen molar-refractivity contribution in [2.45, 2.75) is 135 Å². The summed E-state index contributed by atoms with van der Waals surface area (Å²) in [6.07, 6.45) is 1.02. The van der Waals surface area contributed by atoms with E-state index in [4.69, 9.17) is 10.5 Å². The fourth-order valence-electron chi connectivity index (χ4n) is 6.70. The van der Waals surface area contributed by atoms with Crippen LogP contribution in [0.5, 0.6) is 0 Å². The molecule has 2 fully saturated rings. The summed E-state index contributed by atoms with van der Waals surface area (Å²) in [7, 11) is 0. The number of cyclic esters (lactones) is 1. The summed E-state index contributed by atoms with van der Waals surface area (Å²) in [6.45, 7) is 6.95. The first-order chi connectivity index (χ1) is 29.6. The van der Waals surface area contributed by atoms with Gasteiger partial charge in [-0.1, -0.05) is 30.3 Å². The standard InChI is InChI=1S/C42H61N9O12/c1-23-35(56)46-24(2)36(57)47-25(3)37(58)48-26(4)41(62)63-22-42(5,6)34(55)40(61)51-19-11-10-14-30(51)39(60)49-28(16-15-27-12-8-7-9-13-27)20-32(53)50-29(17-18-31(43)52)38(59)44-21-33(54)45-23/h7-9,12-13,23-26,28-30H,10-11,14-22H2,1-6H3,(H2,43,52)(H,44,59)(H,45,54)(H,46,56)(H,47,57)(H,48,58)(H,49,60)(H,50,53)/t23-,24-,25-,26+,28?,29?,30-/m0/s1. The van der Waals surface area contributed by atoms with Crippen molar-refractivity contribution >= 4 is 64.9 Å². The van der Waals surface area contributed by atoms with Crippen LogP contribution in [0, 0.1) is 5.41 Å². The Morgan fingerprint density at radius 2 is 1.30 bits per heavy atom. The minimum absolute atomic E-state index is 0.0736. The lowest BCUT2D eigenvalue weighted by Gasteiger charge is -2.36. The van der Waals surface area contributed by atoms with Gasteiger partial charge in [-0.25, -0.2) is 4.79 Å². The van der Waals surface area contributed by atoms with Crippen LogP contribution in [-0.4, -0.2) is 132 Å². The van der Waals surface area contributed by atoms with Crippen molar-refractivity contribution < 1.29 is 57.5 Å². The number of benzene rings is 1. The maximum atomic E-state index is 14.0. The third-order valence-corrected chi connectivity index (χ3v) is 10.6. The molecule has 1 aromatic carbocycles. The average Bonchev–Trinajstić information content (AvgIpc) is 3.24. The Morgan fingerprint density at radius 1 is 0.714 bits per heavy atom. The second-order valence-corrected chi connectivity index (χ2v) is 16.6. The van der Waals surface area contributed by atoms with Crippen LogP contribution in [0.2, 0.25) is 0 Å². The molecule has 9 amide bonds. The molecule has 0 aliphatic carbocycles. The van der Waals surface area contributed by atoms with Gasteiger partial charge in [0.1, 0.15) is 42.9 Å². The third-order valence-electron chi connectivity index (χ3n) is 10.6. The van der Waals surface area contributed by atoms with Gasteiger partial charge in [0.25, 0.3) is 5.91 Å². The lowest BCUT2D eigenvalue weighted by molar-refractivity contribution is -0.159. The van der Waals surface area contributed by atoms with Gasteiger partial charge in [-0.15, -0.1) is 0 Å². The number of hydrogen-bond acceptors (Lipinski definition) is 12. The smallest absolute Gasteiger partial charge is 0.328 e. The van der Waals surface area contributed by atoms with Crippen molar-refractivity contribution in [3.63, 3.8) is 0 Å². The highest BCUT2D eigenvalue weighted by Crippen LogP contribution is 2.24. The summed E-state index contributed by atoms with van der Waals surface area (Å²) >= 11 is 0. The average molecular weight is 884 g/mol. The summed E-state index contributed by atoms with van der Waals surface area (Å²) < 4.78 is 5.35.